The van der Waals surface area contributed by atoms with Crippen molar-refractivity contribution in [3.8, 4) is 0 Å². The van der Waals surface area contributed by atoms with Crippen LogP contribution in [-0.2, 0) is 16.1 Å². The SMILES string of the molecule is Cc1cc(C(=O)OCC(=O)N2CCCC[C@@H]2C)c(C)n1Cc1ccco1. The topological polar surface area (TPSA) is 64.7 Å². The van der Waals surface area contributed by atoms with Crippen molar-refractivity contribution in [2.45, 2.75) is 52.6 Å². The number of aryl methyl sites for hydroxylation is 1. The maximum atomic E-state index is 12.5. The Morgan fingerprint density at radius 3 is 2.81 bits per heavy atom. The van der Waals surface area contributed by atoms with E-state index in [1.54, 1.807) is 12.3 Å². The van der Waals surface area contributed by atoms with Crippen LogP contribution in [0.3, 0.4) is 0 Å². The fourth-order valence-corrected chi connectivity index (χ4v) is 3.57. The average Bonchev–Trinajstić information content (AvgIpc) is 3.23. The van der Waals surface area contributed by atoms with Gasteiger partial charge < -0.3 is 18.6 Å². The molecule has 1 aliphatic rings. The molecule has 0 aliphatic carbocycles. The number of likely N-dealkylation sites (tertiary alicyclic amines) is 1. The minimum Gasteiger partial charge on any atom is -0.467 e. The van der Waals surface area contributed by atoms with Gasteiger partial charge in [0.2, 0.25) is 0 Å². The number of esters is 1. The number of hydrogen-bond donors (Lipinski definition) is 0. The number of aromatic nitrogens is 1. The largest absolute Gasteiger partial charge is 0.467 e. The summed E-state index contributed by atoms with van der Waals surface area (Å²) < 4.78 is 12.7. The highest BCUT2D eigenvalue weighted by Crippen LogP contribution is 2.19. The zero-order valence-electron chi connectivity index (χ0n) is 15.7. The summed E-state index contributed by atoms with van der Waals surface area (Å²) in [6.07, 6.45) is 4.80. The molecule has 1 aliphatic heterocycles. The Morgan fingerprint density at radius 2 is 2.12 bits per heavy atom. The van der Waals surface area contributed by atoms with Crippen LogP contribution in [0.4, 0.5) is 0 Å². The second kappa shape index (κ2) is 7.81. The summed E-state index contributed by atoms with van der Waals surface area (Å²) in [4.78, 5) is 26.6. The number of ether oxygens (including phenoxy) is 1. The first-order valence-corrected chi connectivity index (χ1v) is 9.13. The molecule has 3 heterocycles. The molecule has 2 aromatic rings. The first kappa shape index (κ1) is 18.3. The molecular formula is C20H26N2O4. The molecule has 1 amide bonds. The number of nitrogens with zero attached hydrogens (tertiary/aromatic N) is 2. The van der Waals surface area contributed by atoms with Crippen molar-refractivity contribution in [1.29, 1.82) is 0 Å². The number of carbonyl (C=O) groups is 2. The lowest BCUT2D eigenvalue weighted by Gasteiger charge is -2.33. The summed E-state index contributed by atoms with van der Waals surface area (Å²) in [6, 6.07) is 5.75. The lowest BCUT2D eigenvalue weighted by Crippen LogP contribution is -2.44. The fourth-order valence-electron chi connectivity index (χ4n) is 3.57. The van der Waals surface area contributed by atoms with Crippen molar-refractivity contribution < 1.29 is 18.7 Å². The van der Waals surface area contributed by atoms with E-state index in [9.17, 15) is 9.59 Å². The molecular weight excluding hydrogens is 332 g/mol. The average molecular weight is 358 g/mol. The minimum atomic E-state index is -0.457. The Balaban J connectivity index is 1.63. The molecule has 1 fully saturated rings. The van der Waals surface area contributed by atoms with Gasteiger partial charge in [-0.2, -0.15) is 0 Å². The van der Waals surface area contributed by atoms with Crippen molar-refractivity contribution in [2.24, 2.45) is 0 Å². The van der Waals surface area contributed by atoms with Crippen molar-refractivity contribution >= 4 is 11.9 Å². The van der Waals surface area contributed by atoms with Crippen LogP contribution in [0.2, 0.25) is 0 Å². The molecule has 1 atom stereocenters. The van der Waals surface area contributed by atoms with Gasteiger partial charge in [0.05, 0.1) is 18.4 Å². The zero-order valence-corrected chi connectivity index (χ0v) is 15.7. The van der Waals surface area contributed by atoms with E-state index in [0.717, 1.165) is 43.0 Å². The van der Waals surface area contributed by atoms with Gasteiger partial charge in [0, 0.05) is 24.0 Å². The minimum absolute atomic E-state index is 0.116. The van der Waals surface area contributed by atoms with Gasteiger partial charge >= 0.3 is 5.97 Å². The van der Waals surface area contributed by atoms with Crippen molar-refractivity contribution in [1.82, 2.24) is 9.47 Å². The quantitative estimate of drug-likeness (QED) is 0.769. The Kier molecular flexibility index (Phi) is 5.49. The summed E-state index contributed by atoms with van der Waals surface area (Å²) in [5.41, 5.74) is 2.25. The van der Waals surface area contributed by atoms with Gasteiger partial charge in [-0.3, -0.25) is 4.79 Å². The van der Waals surface area contributed by atoms with Gasteiger partial charge in [0.1, 0.15) is 5.76 Å². The predicted octanol–water partition coefficient (Wildman–Crippen LogP) is 3.30. The van der Waals surface area contributed by atoms with E-state index in [0.29, 0.717) is 12.1 Å². The normalized spacial score (nSPS) is 17.3. The number of furan rings is 1. The summed E-state index contributed by atoms with van der Waals surface area (Å²) >= 11 is 0. The molecule has 26 heavy (non-hydrogen) atoms. The van der Waals surface area contributed by atoms with Crippen LogP contribution in [0.15, 0.2) is 28.9 Å². The van der Waals surface area contributed by atoms with Gasteiger partial charge in [0.15, 0.2) is 6.61 Å². The number of carbonyl (C=O) groups excluding carboxylic acids is 2. The van der Waals surface area contributed by atoms with Crippen molar-refractivity contribution in [2.75, 3.05) is 13.2 Å². The third kappa shape index (κ3) is 3.84. The lowest BCUT2D eigenvalue weighted by atomic mass is 10.0. The van der Waals surface area contributed by atoms with Crippen LogP contribution < -0.4 is 0 Å². The highest BCUT2D eigenvalue weighted by Gasteiger charge is 2.25. The Morgan fingerprint density at radius 1 is 1.31 bits per heavy atom. The van der Waals surface area contributed by atoms with Gasteiger partial charge in [-0.1, -0.05) is 0 Å². The van der Waals surface area contributed by atoms with E-state index in [1.807, 2.05) is 42.4 Å². The first-order valence-electron chi connectivity index (χ1n) is 9.13. The monoisotopic (exact) mass is 358 g/mol. The third-order valence-corrected chi connectivity index (χ3v) is 5.14. The molecule has 0 radical (unpaired) electrons. The number of amides is 1. The number of hydrogen-bond acceptors (Lipinski definition) is 4. The highest BCUT2D eigenvalue weighted by atomic mass is 16.5. The van der Waals surface area contributed by atoms with Crippen LogP contribution in [0, 0.1) is 13.8 Å². The van der Waals surface area contributed by atoms with Gasteiger partial charge in [-0.15, -0.1) is 0 Å². The Hall–Kier alpha value is -2.50. The van der Waals surface area contributed by atoms with Crippen LogP contribution >= 0.6 is 0 Å². The van der Waals surface area contributed by atoms with Gasteiger partial charge in [-0.25, -0.2) is 4.79 Å². The number of piperidine rings is 1. The van der Waals surface area contributed by atoms with Crippen molar-refractivity contribution in [3.63, 3.8) is 0 Å². The van der Waals surface area contributed by atoms with E-state index < -0.39 is 5.97 Å². The summed E-state index contributed by atoms with van der Waals surface area (Å²) in [5, 5.41) is 0. The molecule has 0 saturated carbocycles. The molecule has 0 aromatic carbocycles. The predicted molar refractivity (Wildman–Crippen MR) is 97.0 cm³/mol. The molecule has 3 rings (SSSR count). The summed E-state index contributed by atoms with van der Waals surface area (Å²) in [5.74, 6) is 0.248. The van der Waals surface area contributed by atoms with Crippen LogP contribution in [-0.4, -0.2) is 40.5 Å². The van der Waals surface area contributed by atoms with Crippen molar-refractivity contribution in [3.05, 3.63) is 47.2 Å². The number of rotatable bonds is 5. The zero-order chi connectivity index (χ0) is 18.7. The van der Waals surface area contributed by atoms with Gasteiger partial charge in [0.25, 0.3) is 5.91 Å². The molecule has 0 bridgehead atoms. The molecule has 6 nitrogen and oxygen atoms in total. The molecule has 0 N–H and O–H groups in total. The summed E-state index contributed by atoms with van der Waals surface area (Å²) in [6.45, 7) is 6.96. The second-order valence-electron chi connectivity index (χ2n) is 6.96. The van der Waals surface area contributed by atoms with Crippen LogP contribution in [0.1, 0.15) is 53.7 Å². The lowest BCUT2D eigenvalue weighted by molar-refractivity contribution is -0.137. The summed E-state index contributed by atoms with van der Waals surface area (Å²) in [7, 11) is 0. The maximum absolute atomic E-state index is 12.5. The Bertz CT molecular complexity index is 776. The van der Waals surface area contributed by atoms with Gasteiger partial charge in [-0.05, 0) is 58.2 Å². The Labute approximate surface area is 153 Å². The molecule has 1 saturated heterocycles. The third-order valence-electron chi connectivity index (χ3n) is 5.14. The van der Waals surface area contributed by atoms with E-state index >= 15 is 0 Å². The standard InChI is InChI=1S/C20H26N2O4/c1-14-7-4-5-9-21(14)19(23)13-26-20(24)18-11-15(2)22(16(18)3)12-17-8-6-10-25-17/h6,8,10-11,14H,4-5,7,9,12-13H2,1-3H3/t14-/m0/s1. The molecule has 0 unspecified atom stereocenters. The molecule has 2 aromatic heterocycles. The van der Waals surface area contributed by atoms with Crippen LogP contribution in [0.25, 0.3) is 0 Å². The molecule has 140 valence electrons. The second-order valence-corrected chi connectivity index (χ2v) is 6.96. The van der Waals surface area contributed by atoms with E-state index in [-0.39, 0.29) is 18.6 Å². The molecule has 0 spiro atoms. The first-order chi connectivity index (χ1) is 12.5. The van der Waals surface area contributed by atoms with E-state index in [2.05, 4.69) is 0 Å². The molecule has 6 heteroatoms. The van der Waals surface area contributed by atoms with E-state index in [1.165, 1.54) is 0 Å². The highest BCUT2D eigenvalue weighted by molar-refractivity contribution is 5.92. The fraction of sp³-hybridized carbons (Fsp3) is 0.500. The maximum Gasteiger partial charge on any atom is 0.340 e. The smallest absolute Gasteiger partial charge is 0.340 e. The van der Waals surface area contributed by atoms with E-state index in [4.69, 9.17) is 9.15 Å². The van der Waals surface area contributed by atoms with Crippen LogP contribution in [0.5, 0.6) is 0 Å².